The van der Waals surface area contributed by atoms with Crippen molar-refractivity contribution in [1.82, 2.24) is 0 Å². The highest BCUT2D eigenvalue weighted by Gasteiger charge is 2.32. The minimum Gasteiger partial charge on any atom is -0.321 e. The Balaban J connectivity index is 2.49. The molecule has 0 radical (unpaired) electrons. The van der Waals surface area contributed by atoms with Gasteiger partial charge in [0, 0.05) is 5.54 Å². The molecule has 2 N–H and O–H groups in total. The molecule has 0 aliphatic heterocycles. The molecule has 0 aromatic heterocycles. The van der Waals surface area contributed by atoms with Crippen molar-refractivity contribution in [2.24, 2.45) is 5.73 Å². The zero-order valence-electron chi connectivity index (χ0n) is 10.4. The Kier molecular flexibility index (Phi) is 3.46. The van der Waals surface area contributed by atoms with E-state index < -0.39 is 0 Å². The summed E-state index contributed by atoms with van der Waals surface area (Å²) in [5, 5.41) is 0.197. The molecule has 0 spiro atoms. The van der Waals surface area contributed by atoms with Gasteiger partial charge in [-0.25, -0.2) is 4.39 Å². The van der Waals surface area contributed by atoms with E-state index in [9.17, 15) is 4.39 Å². The molecule has 0 heterocycles. The fourth-order valence-corrected chi connectivity index (χ4v) is 2.84. The number of halogens is 2. The van der Waals surface area contributed by atoms with E-state index in [1.54, 1.807) is 6.07 Å². The van der Waals surface area contributed by atoms with E-state index in [-0.39, 0.29) is 22.3 Å². The predicted octanol–water partition coefficient (Wildman–Crippen LogP) is 4.33. The summed E-state index contributed by atoms with van der Waals surface area (Å²) in [7, 11) is 0. The summed E-state index contributed by atoms with van der Waals surface area (Å²) in [5.74, 6) is -0.176. The first-order valence-electron chi connectivity index (χ1n) is 6.22. The second-order valence-electron chi connectivity index (χ2n) is 5.38. The van der Waals surface area contributed by atoms with Gasteiger partial charge in [0.25, 0.3) is 0 Å². The van der Waals surface area contributed by atoms with Crippen LogP contribution in [0.15, 0.2) is 12.1 Å². The lowest BCUT2D eigenvalue weighted by molar-refractivity contribution is 0.459. The Morgan fingerprint density at radius 1 is 1.29 bits per heavy atom. The maximum absolute atomic E-state index is 13.9. The van der Waals surface area contributed by atoms with E-state index in [1.165, 1.54) is 0 Å². The first-order valence-corrected chi connectivity index (χ1v) is 6.60. The fourth-order valence-electron chi connectivity index (χ4n) is 2.61. The Morgan fingerprint density at radius 2 is 1.88 bits per heavy atom. The summed E-state index contributed by atoms with van der Waals surface area (Å²) in [4.78, 5) is 0. The van der Waals surface area contributed by atoms with Crippen molar-refractivity contribution in [1.29, 1.82) is 0 Å². The van der Waals surface area contributed by atoms with Crippen molar-refractivity contribution in [3.8, 4) is 0 Å². The van der Waals surface area contributed by atoms with Gasteiger partial charge in [0.1, 0.15) is 5.82 Å². The predicted molar refractivity (Wildman–Crippen MR) is 69.8 cm³/mol. The molecule has 0 amide bonds. The zero-order valence-corrected chi connectivity index (χ0v) is 11.1. The van der Waals surface area contributed by atoms with E-state index in [2.05, 4.69) is 0 Å². The third-order valence-corrected chi connectivity index (χ3v) is 4.02. The summed E-state index contributed by atoms with van der Waals surface area (Å²) in [6, 6.07) is 3.60. The third kappa shape index (κ3) is 2.34. The molecule has 1 aliphatic carbocycles. The van der Waals surface area contributed by atoms with Gasteiger partial charge in [-0.2, -0.15) is 0 Å². The van der Waals surface area contributed by atoms with E-state index in [4.69, 9.17) is 17.3 Å². The van der Waals surface area contributed by atoms with Crippen LogP contribution in [0, 0.1) is 5.82 Å². The largest absolute Gasteiger partial charge is 0.321 e. The molecule has 1 aliphatic rings. The van der Waals surface area contributed by atoms with Crippen LogP contribution in [0.5, 0.6) is 0 Å². The second-order valence-corrected chi connectivity index (χ2v) is 5.79. The molecule has 1 aromatic rings. The second kappa shape index (κ2) is 4.58. The minimum atomic E-state index is -0.305. The lowest BCUT2D eigenvalue weighted by atomic mass is 9.86. The van der Waals surface area contributed by atoms with E-state index in [0.717, 1.165) is 31.2 Å². The number of benzene rings is 1. The average molecular weight is 256 g/mol. The molecule has 1 fully saturated rings. The van der Waals surface area contributed by atoms with Gasteiger partial charge in [-0.05, 0) is 36.0 Å². The first-order chi connectivity index (χ1) is 7.94. The van der Waals surface area contributed by atoms with Crippen molar-refractivity contribution < 1.29 is 4.39 Å². The topological polar surface area (TPSA) is 26.0 Å². The smallest absolute Gasteiger partial charge is 0.145 e. The zero-order chi connectivity index (χ0) is 12.6. The molecule has 17 heavy (non-hydrogen) atoms. The molecule has 1 nitrogen and oxygen atoms in total. The van der Waals surface area contributed by atoms with Crippen LogP contribution in [0.4, 0.5) is 4.39 Å². The maximum atomic E-state index is 13.9. The number of nitrogens with two attached hydrogens (primary N) is 1. The van der Waals surface area contributed by atoms with E-state index in [0.29, 0.717) is 5.56 Å². The molecule has 2 rings (SSSR count). The lowest BCUT2D eigenvalue weighted by Gasteiger charge is -2.26. The van der Waals surface area contributed by atoms with Crippen LogP contribution in [-0.2, 0) is 5.54 Å². The van der Waals surface area contributed by atoms with Gasteiger partial charge in [-0.1, -0.05) is 44.4 Å². The Morgan fingerprint density at radius 3 is 2.41 bits per heavy atom. The van der Waals surface area contributed by atoms with Crippen LogP contribution in [0.3, 0.4) is 0 Å². The fraction of sp³-hybridized carbons (Fsp3) is 0.571. The van der Waals surface area contributed by atoms with Gasteiger partial charge in [0.15, 0.2) is 0 Å². The van der Waals surface area contributed by atoms with Crippen LogP contribution in [0.25, 0.3) is 0 Å². The first kappa shape index (κ1) is 12.8. The van der Waals surface area contributed by atoms with Crippen molar-refractivity contribution in [2.45, 2.75) is 51.0 Å². The summed E-state index contributed by atoms with van der Waals surface area (Å²) in [6.07, 6.45) is 4.21. The SMILES string of the molecule is CC(C)c1cc(C2(N)CCCC2)cc(Cl)c1F. The van der Waals surface area contributed by atoms with Gasteiger partial charge in [0.05, 0.1) is 5.02 Å². The van der Waals surface area contributed by atoms with Crippen LogP contribution >= 0.6 is 11.6 Å². The van der Waals surface area contributed by atoms with E-state index >= 15 is 0 Å². The van der Waals surface area contributed by atoms with Gasteiger partial charge in [-0.15, -0.1) is 0 Å². The van der Waals surface area contributed by atoms with Crippen molar-refractivity contribution in [2.75, 3.05) is 0 Å². The van der Waals surface area contributed by atoms with Gasteiger partial charge in [0.2, 0.25) is 0 Å². The highest BCUT2D eigenvalue weighted by molar-refractivity contribution is 6.30. The maximum Gasteiger partial charge on any atom is 0.145 e. The molecular formula is C14H19ClFN. The molecule has 0 unspecified atom stereocenters. The quantitative estimate of drug-likeness (QED) is 0.836. The molecule has 3 heteroatoms. The van der Waals surface area contributed by atoms with Gasteiger partial charge < -0.3 is 5.73 Å². The molecule has 1 aromatic carbocycles. The minimum absolute atomic E-state index is 0.123. The summed E-state index contributed by atoms with van der Waals surface area (Å²) in [6.45, 7) is 3.94. The third-order valence-electron chi connectivity index (χ3n) is 3.75. The normalized spacial score (nSPS) is 18.9. The number of hydrogen-bond acceptors (Lipinski definition) is 1. The monoisotopic (exact) mass is 255 g/mol. The Bertz CT molecular complexity index is 422. The molecular weight excluding hydrogens is 237 g/mol. The molecule has 0 bridgehead atoms. The highest BCUT2D eigenvalue weighted by Crippen LogP contribution is 2.39. The Labute approximate surface area is 107 Å². The highest BCUT2D eigenvalue weighted by atomic mass is 35.5. The number of rotatable bonds is 2. The standard InChI is InChI=1S/C14H19ClFN/c1-9(2)11-7-10(8-12(15)13(11)16)14(17)5-3-4-6-14/h7-9H,3-6,17H2,1-2H3. The molecule has 1 saturated carbocycles. The van der Waals surface area contributed by atoms with Crippen LogP contribution < -0.4 is 5.73 Å². The van der Waals surface area contributed by atoms with Crippen molar-refractivity contribution in [3.05, 3.63) is 34.1 Å². The van der Waals surface area contributed by atoms with Gasteiger partial charge in [-0.3, -0.25) is 0 Å². The summed E-state index contributed by atoms with van der Waals surface area (Å²) < 4.78 is 13.9. The molecule has 0 atom stereocenters. The average Bonchev–Trinajstić information content (AvgIpc) is 2.69. The van der Waals surface area contributed by atoms with E-state index in [1.807, 2.05) is 19.9 Å². The van der Waals surface area contributed by atoms with Crippen molar-refractivity contribution in [3.63, 3.8) is 0 Å². The van der Waals surface area contributed by atoms with Crippen LogP contribution in [0.2, 0.25) is 5.02 Å². The Hall–Kier alpha value is -0.600. The molecule has 94 valence electrons. The van der Waals surface area contributed by atoms with Crippen LogP contribution in [0.1, 0.15) is 56.6 Å². The number of hydrogen-bond donors (Lipinski definition) is 1. The summed E-state index contributed by atoms with van der Waals surface area (Å²) in [5.41, 5.74) is 7.74. The lowest BCUT2D eigenvalue weighted by Crippen LogP contribution is -2.33. The summed E-state index contributed by atoms with van der Waals surface area (Å²) >= 11 is 5.97. The van der Waals surface area contributed by atoms with Crippen molar-refractivity contribution >= 4 is 11.6 Å². The van der Waals surface area contributed by atoms with Gasteiger partial charge >= 0.3 is 0 Å². The van der Waals surface area contributed by atoms with Crippen LogP contribution in [-0.4, -0.2) is 0 Å². The molecule has 0 saturated heterocycles.